The van der Waals surface area contributed by atoms with Gasteiger partial charge in [-0.15, -0.1) is 0 Å². The Labute approximate surface area is 233 Å². The molecule has 37 heavy (non-hydrogen) atoms. The highest BCUT2D eigenvalue weighted by molar-refractivity contribution is 5.35. The van der Waals surface area contributed by atoms with Gasteiger partial charge >= 0.3 is 0 Å². The van der Waals surface area contributed by atoms with E-state index in [1.807, 2.05) is 0 Å². The lowest BCUT2D eigenvalue weighted by Gasteiger charge is -2.31. The second-order valence-electron chi connectivity index (χ2n) is 13.4. The first kappa shape index (κ1) is 30.8. The predicted molar refractivity (Wildman–Crippen MR) is 166 cm³/mol. The number of rotatable bonds is 18. The first-order chi connectivity index (χ1) is 18.2. The molecule has 0 spiro atoms. The van der Waals surface area contributed by atoms with Crippen molar-refractivity contribution in [1.82, 2.24) is 0 Å². The molecule has 0 N–H and O–H groups in total. The number of benzene rings is 1. The Bertz CT molecular complexity index is 686. The van der Waals surface area contributed by atoms with Crippen molar-refractivity contribution in [3.8, 4) is 0 Å². The summed E-state index contributed by atoms with van der Waals surface area (Å²) in [4.78, 5) is 0. The molecule has 0 radical (unpaired) electrons. The molecule has 212 valence electrons. The van der Waals surface area contributed by atoms with Crippen molar-refractivity contribution in [2.75, 3.05) is 0 Å². The molecule has 0 bridgehead atoms. The lowest BCUT2D eigenvalue weighted by atomic mass is 9.74. The van der Waals surface area contributed by atoms with Gasteiger partial charge in [0.1, 0.15) is 0 Å². The Hall–Kier alpha value is -0.780. The maximum atomic E-state index is 2.60. The molecule has 2 fully saturated rings. The van der Waals surface area contributed by atoms with E-state index in [9.17, 15) is 0 Å². The van der Waals surface area contributed by atoms with Crippen LogP contribution in [0.1, 0.15) is 196 Å². The predicted octanol–water partition coefficient (Wildman–Crippen LogP) is 12.8. The van der Waals surface area contributed by atoms with Crippen molar-refractivity contribution < 1.29 is 0 Å². The monoisotopic (exact) mass is 509 g/mol. The third kappa shape index (κ3) is 11.5. The van der Waals surface area contributed by atoms with E-state index in [1.165, 1.54) is 154 Å². The van der Waals surface area contributed by atoms with E-state index in [0.717, 1.165) is 23.7 Å². The lowest BCUT2D eigenvalue weighted by Crippen LogP contribution is -2.15. The highest BCUT2D eigenvalue weighted by Gasteiger charge is 2.25. The quantitative estimate of drug-likeness (QED) is 0.173. The SMILES string of the molecule is CCCCCCCCCC1CCC(c2ccc(C3CCC(CCCCCCCCC)CC3)c(C)c2)CC1. The van der Waals surface area contributed by atoms with Gasteiger partial charge in [-0.2, -0.15) is 0 Å². The summed E-state index contributed by atoms with van der Waals surface area (Å²) in [6, 6.07) is 7.69. The molecule has 0 amide bonds. The van der Waals surface area contributed by atoms with Crippen molar-refractivity contribution in [2.45, 2.75) is 187 Å². The molecule has 2 saturated carbocycles. The summed E-state index contributed by atoms with van der Waals surface area (Å²) in [5, 5.41) is 0. The van der Waals surface area contributed by atoms with Crippen LogP contribution in [0.15, 0.2) is 18.2 Å². The van der Waals surface area contributed by atoms with Gasteiger partial charge in [-0.25, -0.2) is 0 Å². The smallest absolute Gasteiger partial charge is 0.0159 e. The molecule has 0 atom stereocenters. The molecule has 0 heteroatoms. The van der Waals surface area contributed by atoms with E-state index >= 15 is 0 Å². The molecule has 0 nitrogen and oxygen atoms in total. The van der Waals surface area contributed by atoms with E-state index in [0.29, 0.717) is 0 Å². The topological polar surface area (TPSA) is 0 Å². The van der Waals surface area contributed by atoms with E-state index in [1.54, 1.807) is 16.7 Å². The van der Waals surface area contributed by atoms with Crippen LogP contribution in [0.25, 0.3) is 0 Å². The zero-order valence-electron chi connectivity index (χ0n) is 25.5. The van der Waals surface area contributed by atoms with Gasteiger partial charge in [0, 0.05) is 0 Å². The van der Waals surface area contributed by atoms with Crippen molar-refractivity contribution in [1.29, 1.82) is 0 Å². The third-order valence-electron chi connectivity index (χ3n) is 10.3. The minimum atomic E-state index is 0.829. The summed E-state index contributed by atoms with van der Waals surface area (Å²) >= 11 is 0. The molecule has 1 aromatic rings. The summed E-state index contributed by atoms with van der Waals surface area (Å²) in [5.41, 5.74) is 4.94. The molecule has 0 aliphatic heterocycles. The van der Waals surface area contributed by atoms with Gasteiger partial charge in [-0.3, -0.25) is 0 Å². The van der Waals surface area contributed by atoms with Crippen LogP contribution in [0.2, 0.25) is 0 Å². The Morgan fingerprint density at radius 1 is 0.514 bits per heavy atom. The standard InChI is InChI=1S/C37H64/c1-4-6-8-10-12-14-16-18-32-20-24-34(25-21-32)36-28-29-37(31(3)30-36)35-26-22-33(23-27-35)19-17-15-13-11-9-7-5-2/h28-30,32-35H,4-27H2,1-3H3. The fraction of sp³-hybridized carbons (Fsp3) is 0.838. The van der Waals surface area contributed by atoms with E-state index in [-0.39, 0.29) is 0 Å². The van der Waals surface area contributed by atoms with Crippen LogP contribution in [0, 0.1) is 18.8 Å². The highest BCUT2D eigenvalue weighted by atomic mass is 14.3. The van der Waals surface area contributed by atoms with Crippen LogP contribution in [0.3, 0.4) is 0 Å². The van der Waals surface area contributed by atoms with Gasteiger partial charge in [0.15, 0.2) is 0 Å². The van der Waals surface area contributed by atoms with Gasteiger partial charge in [0.25, 0.3) is 0 Å². The number of hydrogen-bond donors (Lipinski definition) is 0. The first-order valence-corrected chi connectivity index (χ1v) is 17.3. The Kier molecular flexibility index (Phi) is 15.4. The van der Waals surface area contributed by atoms with Crippen molar-refractivity contribution in [3.63, 3.8) is 0 Å². The second-order valence-corrected chi connectivity index (χ2v) is 13.4. The summed E-state index contributed by atoms with van der Waals surface area (Å²) in [7, 11) is 0. The number of aryl methyl sites for hydroxylation is 1. The average Bonchev–Trinajstić information content (AvgIpc) is 2.93. The Morgan fingerprint density at radius 3 is 1.41 bits per heavy atom. The zero-order valence-corrected chi connectivity index (χ0v) is 25.5. The summed E-state index contributed by atoms with van der Waals surface area (Å²) in [6.45, 7) is 7.04. The van der Waals surface area contributed by atoms with E-state index in [4.69, 9.17) is 0 Å². The molecule has 0 unspecified atom stereocenters. The van der Waals surface area contributed by atoms with Crippen LogP contribution < -0.4 is 0 Å². The van der Waals surface area contributed by atoms with Gasteiger partial charge in [0.05, 0.1) is 0 Å². The zero-order chi connectivity index (χ0) is 26.1. The molecule has 2 aliphatic rings. The highest BCUT2D eigenvalue weighted by Crippen LogP contribution is 2.42. The minimum Gasteiger partial charge on any atom is -0.0654 e. The van der Waals surface area contributed by atoms with Crippen molar-refractivity contribution >= 4 is 0 Å². The fourth-order valence-corrected chi connectivity index (χ4v) is 7.74. The van der Waals surface area contributed by atoms with Crippen molar-refractivity contribution in [2.24, 2.45) is 11.8 Å². The molecule has 3 rings (SSSR count). The van der Waals surface area contributed by atoms with Gasteiger partial charge in [0.2, 0.25) is 0 Å². The molecular formula is C37H64. The first-order valence-electron chi connectivity index (χ1n) is 17.3. The van der Waals surface area contributed by atoms with Crippen LogP contribution in [-0.2, 0) is 0 Å². The number of hydrogen-bond acceptors (Lipinski definition) is 0. The molecule has 1 aromatic carbocycles. The van der Waals surface area contributed by atoms with Crippen molar-refractivity contribution in [3.05, 3.63) is 34.9 Å². The Morgan fingerprint density at radius 2 is 0.946 bits per heavy atom. The molecule has 0 aromatic heterocycles. The largest absolute Gasteiger partial charge is 0.0654 e. The number of unbranched alkanes of at least 4 members (excludes halogenated alkanes) is 12. The van der Waals surface area contributed by atoms with Crippen LogP contribution >= 0.6 is 0 Å². The Balaban J connectivity index is 1.31. The molecule has 0 heterocycles. The molecule has 0 saturated heterocycles. The van der Waals surface area contributed by atoms with E-state index in [2.05, 4.69) is 39.0 Å². The molecule has 2 aliphatic carbocycles. The van der Waals surface area contributed by atoms with E-state index < -0.39 is 0 Å². The van der Waals surface area contributed by atoms with Gasteiger partial charge in [-0.1, -0.05) is 135 Å². The minimum absolute atomic E-state index is 0.829. The maximum Gasteiger partial charge on any atom is -0.0159 e. The van der Waals surface area contributed by atoms with Gasteiger partial charge < -0.3 is 0 Å². The fourth-order valence-electron chi connectivity index (χ4n) is 7.74. The normalized spacial score (nSPS) is 24.4. The van der Waals surface area contributed by atoms with Crippen LogP contribution in [0.4, 0.5) is 0 Å². The summed E-state index contributed by atoms with van der Waals surface area (Å²) in [5.74, 6) is 3.69. The average molecular weight is 509 g/mol. The maximum absolute atomic E-state index is 2.60. The third-order valence-corrected chi connectivity index (χ3v) is 10.3. The van der Waals surface area contributed by atoms with Crippen LogP contribution in [-0.4, -0.2) is 0 Å². The lowest BCUT2D eigenvalue weighted by molar-refractivity contribution is 0.299. The van der Waals surface area contributed by atoms with Gasteiger partial charge in [-0.05, 0) is 98.7 Å². The molecular weight excluding hydrogens is 444 g/mol. The van der Waals surface area contributed by atoms with Crippen LogP contribution in [0.5, 0.6) is 0 Å². The summed E-state index contributed by atoms with van der Waals surface area (Å²) in [6.07, 6.45) is 35.0. The summed E-state index contributed by atoms with van der Waals surface area (Å²) < 4.78 is 0. The second kappa shape index (κ2) is 18.5.